The maximum absolute atomic E-state index is 13.0. The van der Waals surface area contributed by atoms with Crippen molar-refractivity contribution in [3.05, 3.63) is 45.7 Å². The Morgan fingerprint density at radius 2 is 2.06 bits per heavy atom. The Morgan fingerprint density at radius 3 is 2.71 bits per heavy atom. The quantitative estimate of drug-likeness (QED) is 0.859. The van der Waals surface area contributed by atoms with Crippen LogP contribution in [0.1, 0.15) is 18.3 Å². The van der Waals surface area contributed by atoms with Gasteiger partial charge in [-0.3, -0.25) is 4.57 Å². The molecule has 0 aliphatic carbocycles. The highest BCUT2D eigenvalue weighted by Gasteiger charge is 2.09. The largest absolute Gasteiger partial charge is 0.297 e. The van der Waals surface area contributed by atoms with Crippen molar-refractivity contribution in [1.29, 1.82) is 0 Å². The molecule has 2 aromatic rings. The van der Waals surface area contributed by atoms with Gasteiger partial charge in [-0.1, -0.05) is 24.6 Å². The molecular formula is C11H10Cl2FN3. The molecule has 17 heavy (non-hydrogen) atoms. The Morgan fingerprint density at radius 1 is 1.29 bits per heavy atom. The maximum Gasteiger partial charge on any atom is 0.225 e. The number of aryl methyl sites for hydroxylation is 1. The van der Waals surface area contributed by atoms with Gasteiger partial charge in [-0.2, -0.15) is 0 Å². The molecule has 3 nitrogen and oxygen atoms in total. The molecule has 1 aromatic carbocycles. The zero-order valence-electron chi connectivity index (χ0n) is 9.12. The van der Waals surface area contributed by atoms with Crippen molar-refractivity contribution in [2.75, 3.05) is 0 Å². The van der Waals surface area contributed by atoms with E-state index < -0.39 is 5.82 Å². The molecular weight excluding hydrogens is 264 g/mol. The zero-order chi connectivity index (χ0) is 12.4. The standard InChI is InChI=1S/C11H10Cl2FN3/c1-2-10-15-16-11(13)17(10)6-7-3-4-9(14)8(12)5-7/h3-5H,2,6H2,1H3. The van der Waals surface area contributed by atoms with Gasteiger partial charge < -0.3 is 0 Å². The summed E-state index contributed by atoms with van der Waals surface area (Å²) in [6, 6.07) is 4.57. The molecule has 0 aliphatic heterocycles. The van der Waals surface area contributed by atoms with Crippen LogP contribution in [0.3, 0.4) is 0 Å². The van der Waals surface area contributed by atoms with E-state index >= 15 is 0 Å². The molecule has 90 valence electrons. The van der Waals surface area contributed by atoms with Crippen molar-refractivity contribution in [1.82, 2.24) is 14.8 Å². The van der Waals surface area contributed by atoms with Crippen molar-refractivity contribution in [3.63, 3.8) is 0 Å². The summed E-state index contributed by atoms with van der Waals surface area (Å²) in [5.74, 6) is 0.358. The van der Waals surface area contributed by atoms with Crippen molar-refractivity contribution in [2.24, 2.45) is 0 Å². The molecule has 1 heterocycles. The van der Waals surface area contributed by atoms with Crippen LogP contribution in [0.5, 0.6) is 0 Å². The van der Waals surface area contributed by atoms with Crippen LogP contribution in [0, 0.1) is 5.82 Å². The summed E-state index contributed by atoms with van der Waals surface area (Å²) in [6.45, 7) is 2.45. The summed E-state index contributed by atoms with van der Waals surface area (Å²) < 4.78 is 14.8. The Hall–Kier alpha value is -1.13. The molecule has 0 atom stereocenters. The highest BCUT2D eigenvalue weighted by molar-refractivity contribution is 6.30. The Bertz CT molecular complexity index is 540. The van der Waals surface area contributed by atoms with Crippen LogP contribution in [0.4, 0.5) is 4.39 Å². The average Bonchev–Trinajstić information content (AvgIpc) is 2.65. The van der Waals surface area contributed by atoms with Crippen LogP contribution in [-0.4, -0.2) is 14.8 Å². The van der Waals surface area contributed by atoms with Gasteiger partial charge in [0.2, 0.25) is 5.28 Å². The normalized spacial score (nSPS) is 10.8. The first kappa shape index (κ1) is 12.3. The number of benzene rings is 1. The number of aromatic nitrogens is 3. The zero-order valence-corrected chi connectivity index (χ0v) is 10.6. The van der Waals surface area contributed by atoms with Gasteiger partial charge in [-0.15, -0.1) is 10.2 Å². The molecule has 0 aliphatic rings. The van der Waals surface area contributed by atoms with Crippen LogP contribution >= 0.6 is 23.2 Å². The van der Waals surface area contributed by atoms with E-state index in [-0.39, 0.29) is 5.02 Å². The highest BCUT2D eigenvalue weighted by Crippen LogP contribution is 2.18. The number of rotatable bonds is 3. The van der Waals surface area contributed by atoms with E-state index in [0.717, 1.165) is 17.8 Å². The molecule has 2 rings (SSSR count). The van der Waals surface area contributed by atoms with E-state index in [2.05, 4.69) is 10.2 Å². The highest BCUT2D eigenvalue weighted by atomic mass is 35.5. The first-order valence-corrected chi connectivity index (χ1v) is 5.89. The van der Waals surface area contributed by atoms with Crippen molar-refractivity contribution in [2.45, 2.75) is 19.9 Å². The van der Waals surface area contributed by atoms with Crippen LogP contribution in [0.25, 0.3) is 0 Å². The first-order valence-electron chi connectivity index (χ1n) is 5.13. The second-order valence-corrected chi connectivity index (χ2v) is 4.32. The molecule has 0 saturated carbocycles. The van der Waals surface area contributed by atoms with Crippen LogP contribution in [0.2, 0.25) is 10.3 Å². The molecule has 0 spiro atoms. The Labute approximate surface area is 108 Å². The second-order valence-electron chi connectivity index (χ2n) is 3.57. The molecule has 0 amide bonds. The summed E-state index contributed by atoms with van der Waals surface area (Å²) in [6.07, 6.45) is 0.731. The van der Waals surface area contributed by atoms with Crippen LogP contribution in [-0.2, 0) is 13.0 Å². The van der Waals surface area contributed by atoms with E-state index in [4.69, 9.17) is 23.2 Å². The summed E-state index contributed by atoms with van der Waals surface area (Å²) in [4.78, 5) is 0. The van der Waals surface area contributed by atoms with Gasteiger partial charge in [0.15, 0.2) is 0 Å². The molecule has 0 fully saturated rings. The lowest BCUT2D eigenvalue weighted by molar-refractivity contribution is 0.626. The fraction of sp³-hybridized carbons (Fsp3) is 0.273. The van der Waals surface area contributed by atoms with E-state index in [1.165, 1.54) is 6.07 Å². The summed E-state index contributed by atoms with van der Waals surface area (Å²) in [5.41, 5.74) is 0.854. The minimum atomic E-state index is -0.430. The molecule has 0 bridgehead atoms. The topological polar surface area (TPSA) is 30.7 Å². The summed E-state index contributed by atoms with van der Waals surface area (Å²) in [7, 11) is 0. The van der Waals surface area contributed by atoms with Gasteiger partial charge in [0.05, 0.1) is 11.6 Å². The molecule has 6 heteroatoms. The molecule has 0 radical (unpaired) electrons. The third-order valence-corrected chi connectivity index (χ3v) is 2.99. The average molecular weight is 274 g/mol. The SMILES string of the molecule is CCc1nnc(Cl)n1Cc1ccc(F)c(Cl)c1. The number of hydrogen-bond donors (Lipinski definition) is 0. The Balaban J connectivity index is 2.31. The van der Waals surface area contributed by atoms with Crippen molar-refractivity contribution in [3.8, 4) is 0 Å². The fourth-order valence-electron chi connectivity index (χ4n) is 1.55. The lowest BCUT2D eigenvalue weighted by Crippen LogP contribution is -2.04. The van der Waals surface area contributed by atoms with Crippen molar-refractivity contribution >= 4 is 23.2 Å². The number of halogens is 3. The van der Waals surface area contributed by atoms with E-state index in [1.54, 1.807) is 16.7 Å². The summed E-state index contributed by atoms with van der Waals surface area (Å²) in [5, 5.41) is 8.16. The third kappa shape index (κ3) is 2.58. The lowest BCUT2D eigenvalue weighted by Gasteiger charge is -2.07. The van der Waals surface area contributed by atoms with E-state index in [0.29, 0.717) is 11.8 Å². The van der Waals surface area contributed by atoms with E-state index in [9.17, 15) is 4.39 Å². The predicted octanol–water partition coefficient (Wildman–Crippen LogP) is 3.33. The molecule has 0 saturated heterocycles. The molecule has 0 N–H and O–H groups in total. The van der Waals surface area contributed by atoms with Gasteiger partial charge in [-0.25, -0.2) is 4.39 Å². The number of nitrogens with zero attached hydrogens (tertiary/aromatic N) is 3. The lowest BCUT2D eigenvalue weighted by atomic mass is 10.2. The van der Waals surface area contributed by atoms with Crippen LogP contribution in [0.15, 0.2) is 18.2 Å². The smallest absolute Gasteiger partial charge is 0.225 e. The molecule has 1 aromatic heterocycles. The minimum absolute atomic E-state index is 0.102. The fourth-order valence-corrected chi connectivity index (χ4v) is 1.95. The van der Waals surface area contributed by atoms with E-state index in [1.807, 2.05) is 6.92 Å². The summed E-state index contributed by atoms with van der Waals surface area (Å²) >= 11 is 11.6. The third-order valence-electron chi connectivity index (χ3n) is 2.42. The monoisotopic (exact) mass is 273 g/mol. The maximum atomic E-state index is 13.0. The van der Waals surface area contributed by atoms with Gasteiger partial charge in [0.25, 0.3) is 0 Å². The van der Waals surface area contributed by atoms with Gasteiger partial charge in [-0.05, 0) is 29.3 Å². The van der Waals surface area contributed by atoms with Crippen LogP contribution < -0.4 is 0 Å². The number of hydrogen-bond acceptors (Lipinski definition) is 2. The second kappa shape index (κ2) is 5.02. The van der Waals surface area contributed by atoms with Crippen molar-refractivity contribution < 1.29 is 4.39 Å². The predicted molar refractivity (Wildman–Crippen MR) is 64.9 cm³/mol. The minimum Gasteiger partial charge on any atom is -0.297 e. The molecule has 0 unspecified atom stereocenters. The van der Waals surface area contributed by atoms with Gasteiger partial charge >= 0.3 is 0 Å². The van der Waals surface area contributed by atoms with Gasteiger partial charge in [0, 0.05) is 6.42 Å². The van der Waals surface area contributed by atoms with Gasteiger partial charge in [0.1, 0.15) is 11.6 Å². The first-order chi connectivity index (χ1) is 8.11. The Kier molecular flexibility index (Phi) is 3.64.